The molecule has 9 nitrogen and oxygen atoms in total. The predicted octanol–water partition coefficient (Wildman–Crippen LogP) is 4.61. The number of nitrogens with one attached hydrogen (secondary N) is 1. The van der Waals surface area contributed by atoms with E-state index in [1.165, 1.54) is 24.4 Å². The molecule has 1 aliphatic heterocycles. The van der Waals surface area contributed by atoms with Crippen LogP contribution in [0.25, 0.3) is 28.0 Å². The summed E-state index contributed by atoms with van der Waals surface area (Å²) in [5.41, 5.74) is 2.98. The molecule has 1 amide bonds. The fraction of sp³-hybridized carbons (Fsp3) is 0.179. The van der Waals surface area contributed by atoms with Crippen molar-refractivity contribution in [3.05, 3.63) is 89.6 Å². The number of amides is 1. The summed E-state index contributed by atoms with van der Waals surface area (Å²) in [6.45, 7) is 0.585. The Morgan fingerprint density at radius 3 is 2.65 bits per heavy atom. The Labute approximate surface area is 225 Å². The molecule has 0 unspecified atom stereocenters. The molecule has 1 aromatic carbocycles. The smallest absolute Gasteiger partial charge is 0.435 e. The lowest BCUT2D eigenvalue weighted by Crippen LogP contribution is -2.40. The molecule has 0 bridgehead atoms. The van der Waals surface area contributed by atoms with Crippen molar-refractivity contribution in [3.63, 3.8) is 0 Å². The number of carbonyl (C=O) groups excluding carboxylic acids is 2. The molecular weight excluding hydrogens is 525 g/mol. The van der Waals surface area contributed by atoms with Crippen LogP contribution in [0.2, 0.25) is 0 Å². The number of hydrogen-bond acceptors (Lipinski definition) is 6. The van der Waals surface area contributed by atoms with E-state index in [-0.39, 0.29) is 34.6 Å². The Morgan fingerprint density at radius 2 is 1.93 bits per heavy atom. The first kappa shape index (κ1) is 25.3. The summed E-state index contributed by atoms with van der Waals surface area (Å²) >= 11 is 0. The zero-order valence-corrected chi connectivity index (χ0v) is 21.1. The monoisotopic (exact) mass is 546 g/mol. The van der Waals surface area contributed by atoms with Gasteiger partial charge in [0.1, 0.15) is 5.75 Å². The van der Waals surface area contributed by atoms with Crippen molar-refractivity contribution in [3.8, 4) is 22.8 Å². The minimum absolute atomic E-state index is 0.0201. The summed E-state index contributed by atoms with van der Waals surface area (Å²) in [6.07, 6.45) is 1.37. The normalized spacial score (nSPS) is 13.3. The number of H-pyrrole nitrogens is 1. The second kappa shape index (κ2) is 9.63. The Hall–Kier alpha value is -5.00. The van der Waals surface area contributed by atoms with Gasteiger partial charge in [-0.25, -0.2) is 9.67 Å². The molecule has 5 heterocycles. The number of fused-ring (bicyclic) bond motifs is 2. The van der Waals surface area contributed by atoms with Crippen LogP contribution < -0.4 is 4.74 Å². The van der Waals surface area contributed by atoms with Crippen LogP contribution in [0.5, 0.6) is 5.75 Å². The number of benzene rings is 1. The fourth-order valence-electron chi connectivity index (χ4n) is 5.01. The van der Waals surface area contributed by atoms with Crippen molar-refractivity contribution in [2.45, 2.75) is 19.1 Å². The van der Waals surface area contributed by atoms with Crippen LogP contribution >= 0.6 is 0 Å². The van der Waals surface area contributed by atoms with E-state index < -0.39 is 23.6 Å². The predicted molar refractivity (Wildman–Crippen MR) is 138 cm³/mol. The molecule has 0 saturated heterocycles. The highest BCUT2D eigenvalue weighted by molar-refractivity contribution is 6.45. The molecule has 6 rings (SSSR count). The van der Waals surface area contributed by atoms with Crippen LogP contribution in [-0.4, -0.2) is 55.0 Å². The number of pyridine rings is 2. The number of aromatic amines is 1. The largest absolute Gasteiger partial charge is 0.494 e. The van der Waals surface area contributed by atoms with E-state index in [1.54, 1.807) is 6.20 Å². The minimum atomic E-state index is -4.63. The molecule has 5 aromatic rings. The van der Waals surface area contributed by atoms with Crippen molar-refractivity contribution in [1.82, 2.24) is 29.6 Å². The zero-order chi connectivity index (χ0) is 28.0. The van der Waals surface area contributed by atoms with Crippen LogP contribution in [-0.2, 0) is 23.9 Å². The Kier molecular flexibility index (Phi) is 6.09. The van der Waals surface area contributed by atoms with E-state index in [1.807, 2.05) is 36.4 Å². The highest BCUT2D eigenvalue weighted by Crippen LogP contribution is 2.34. The number of Topliss-reactive ketones (excluding diaryl/α,β-unsaturated/α-hetero) is 1. The molecule has 0 saturated carbocycles. The highest BCUT2D eigenvalue weighted by atomic mass is 19.4. The van der Waals surface area contributed by atoms with Gasteiger partial charge in [-0.05, 0) is 35.7 Å². The average molecular weight is 547 g/mol. The average Bonchev–Trinajstić information content (AvgIpc) is 3.64. The molecule has 40 heavy (non-hydrogen) atoms. The van der Waals surface area contributed by atoms with Gasteiger partial charge in [0, 0.05) is 37.2 Å². The summed E-state index contributed by atoms with van der Waals surface area (Å²) < 4.78 is 45.7. The summed E-state index contributed by atoms with van der Waals surface area (Å²) in [4.78, 5) is 39.9. The van der Waals surface area contributed by atoms with E-state index >= 15 is 0 Å². The van der Waals surface area contributed by atoms with Gasteiger partial charge in [-0.15, -0.1) is 0 Å². The number of rotatable bonds is 5. The van der Waals surface area contributed by atoms with E-state index in [0.717, 1.165) is 39.3 Å². The summed E-state index contributed by atoms with van der Waals surface area (Å²) in [7, 11) is 1.37. The van der Waals surface area contributed by atoms with E-state index in [0.29, 0.717) is 13.0 Å². The highest BCUT2D eigenvalue weighted by Gasteiger charge is 2.34. The second-order valence-electron chi connectivity index (χ2n) is 9.21. The first-order valence-electron chi connectivity index (χ1n) is 12.3. The van der Waals surface area contributed by atoms with Crippen LogP contribution in [0, 0.1) is 0 Å². The van der Waals surface area contributed by atoms with Gasteiger partial charge in [0.15, 0.2) is 11.5 Å². The molecule has 1 N–H and O–H groups in total. The maximum absolute atomic E-state index is 13.5. The number of methoxy groups -OCH3 is 1. The molecule has 0 radical (unpaired) electrons. The van der Waals surface area contributed by atoms with E-state index in [2.05, 4.69) is 20.1 Å². The van der Waals surface area contributed by atoms with E-state index in [4.69, 9.17) is 4.74 Å². The number of nitrogens with zero attached hydrogens (tertiary/aromatic N) is 5. The van der Waals surface area contributed by atoms with Crippen molar-refractivity contribution >= 4 is 22.6 Å². The molecule has 12 heteroatoms. The van der Waals surface area contributed by atoms with Crippen molar-refractivity contribution < 1.29 is 27.5 Å². The summed E-state index contributed by atoms with van der Waals surface area (Å²) in [5, 5.41) is 3.80. The van der Waals surface area contributed by atoms with Gasteiger partial charge in [0.2, 0.25) is 0 Å². The van der Waals surface area contributed by atoms with Crippen LogP contribution in [0.4, 0.5) is 13.2 Å². The number of aromatic nitrogens is 5. The molecule has 0 spiro atoms. The number of alkyl halides is 3. The van der Waals surface area contributed by atoms with E-state index in [9.17, 15) is 22.8 Å². The quantitative estimate of drug-likeness (QED) is 0.255. The standard InChI is InChI=1S/C28H21F3N6O3/c1-40-21-14-34-26(37-12-9-22(35-37)28(29,30)31)24-23(21)19(13-33-24)25(38)27(39)36-11-8-17-16(15-36)5-4-6-18(17)20-7-2-3-10-32-20/h2-7,9-10,12-14,33H,8,11,15H2,1H3. The third kappa shape index (κ3) is 4.27. The summed E-state index contributed by atoms with van der Waals surface area (Å²) in [6, 6.07) is 12.3. The molecule has 0 fully saturated rings. The molecule has 0 atom stereocenters. The third-order valence-corrected chi connectivity index (χ3v) is 6.90. The number of ketones is 1. The van der Waals surface area contributed by atoms with Gasteiger partial charge in [-0.1, -0.05) is 24.3 Å². The van der Waals surface area contributed by atoms with Gasteiger partial charge in [-0.3, -0.25) is 14.6 Å². The lowest BCUT2D eigenvalue weighted by atomic mass is 9.92. The van der Waals surface area contributed by atoms with Gasteiger partial charge >= 0.3 is 6.18 Å². The SMILES string of the molecule is COc1cnc(-n2ccc(C(F)(F)F)n2)c2[nH]cc(C(=O)C(=O)N3CCc4c(cccc4-c4ccccn4)C3)c12. The maximum Gasteiger partial charge on any atom is 0.435 e. The van der Waals surface area contributed by atoms with Gasteiger partial charge in [0.05, 0.1) is 35.5 Å². The van der Waals surface area contributed by atoms with Crippen LogP contribution in [0.1, 0.15) is 27.2 Å². The molecule has 202 valence electrons. The van der Waals surface area contributed by atoms with Crippen LogP contribution in [0.15, 0.2) is 67.3 Å². The molecular formula is C28H21F3N6O3. The number of hydrogen-bond donors (Lipinski definition) is 1. The Morgan fingerprint density at radius 1 is 1.07 bits per heavy atom. The van der Waals surface area contributed by atoms with Gasteiger partial charge in [0.25, 0.3) is 11.7 Å². The molecule has 0 aliphatic carbocycles. The van der Waals surface area contributed by atoms with Crippen molar-refractivity contribution in [2.24, 2.45) is 0 Å². The number of ether oxygens (including phenoxy) is 1. The number of carbonyl (C=O) groups is 2. The minimum Gasteiger partial charge on any atom is -0.494 e. The second-order valence-corrected chi connectivity index (χ2v) is 9.21. The zero-order valence-electron chi connectivity index (χ0n) is 21.1. The Balaban J connectivity index is 1.32. The van der Waals surface area contributed by atoms with Crippen LogP contribution in [0.3, 0.4) is 0 Å². The van der Waals surface area contributed by atoms with Gasteiger partial charge in [-0.2, -0.15) is 18.3 Å². The third-order valence-electron chi connectivity index (χ3n) is 6.90. The fourth-order valence-corrected chi connectivity index (χ4v) is 5.01. The lowest BCUT2D eigenvalue weighted by molar-refractivity contribution is -0.141. The Bertz CT molecular complexity index is 1760. The van der Waals surface area contributed by atoms with Crippen molar-refractivity contribution in [1.29, 1.82) is 0 Å². The van der Waals surface area contributed by atoms with Gasteiger partial charge < -0.3 is 14.6 Å². The van der Waals surface area contributed by atoms with Crippen molar-refractivity contribution in [2.75, 3.05) is 13.7 Å². The first-order chi connectivity index (χ1) is 19.3. The first-order valence-corrected chi connectivity index (χ1v) is 12.3. The number of halogens is 3. The summed E-state index contributed by atoms with van der Waals surface area (Å²) in [5.74, 6) is -1.27. The lowest BCUT2D eigenvalue weighted by Gasteiger charge is -2.29. The molecule has 4 aromatic heterocycles. The topological polar surface area (TPSA) is 106 Å². The molecule has 1 aliphatic rings. The maximum atomic E-state index is 13.5.